The molecule has 0 aliphatic carbocycles. The number of carbonyl (C=O) groups excluding carboxylic acids is 1. The molecule has 0 fully saturated rings. The highest BCUT2D eigenvalue weighted by Crippen LogP contribution is 1.99. The summed E-state index contributed by atoms with van der Waals surface area (Å²) in [5, 5.41) is 0. The van der Waals surface area contributed by atoms with Crippen LogP contribution in [0.25, 0.3) is 0 Å². The smallest absolute Gasteiger partial charge is 0.323 e. The zero-order chi connectivity index (χ0) is 9.56. The van der Waals surface area contributed by atoms with E-state index in [1.54, 1.807) is 0 Å². The Labute approximate surface area is 79.1 Å². The molecule has 12 heavy (non-hydrogen) atoms. The predicted molar refractivity (Wildman–Crippen MR) is 52.2 cm³/mol. The number of nitrogens with two attached hydrogens (primary N) is 1. The normalized spacial score (nSPS) is 13.1. The van der Waals surface area contributed by atoms with Gasteiger partial charge in [0.2, 0.25) is 0 Å². The number of hydrogen-bond donors (Lipinski definition) is 2. The van der Waals surface area contributed by atoms with Gasteiger partial charge in [-0.1, -0.05) is 13.8 Å². The van der Waals surface area contributed by atoms with Crippen LogP contribution in [-0.2, 0) is 9.53 Å². The summed E-state index contributed by atoms with van der Waals surface area (Å²) in [6.07, 6.45) is 0.880. The molecule has 0 saturated carbocycles. The Balaban J connectivity index is 3.44. The first-order valence-corrected chi connectivity index (χ1v) is 4.74. The third kappa shape index (κ3) is 5.43. The maximum Gasteiger partial charge on any atom is 0.323 e. The van der Waals surface area contributed by atoms with Crippen LogP contribution in [0.3, 0.4) is 0 Å². The molecule has 3 nitrogen and oxygen atoms in total. The highest BCUT2D eigenvalue weighted by Gasteiger charge is 2.12. The number of ether oxygens (including phenoxy) is 1. The van der Waals surface area contributed by atoms with Crippen LogP contribution in [0.5, 0.6) is 0 Å². The molecule has 0 bridgehead atoms. The molecule has 0 heterocycles. The summed E-state index contributed by atoms with van der Waals surface area (Å²) in [4.78, 5) is 11.0. The Morgan fingerprint density at radius 1 is 1.58 bits per heavy atom. The highest BCUT2D eigenvalue weighted by molar-refractivity contribution is 7.80. The zero-order valence-electron chi connectivity index (χ0n) is 7.62. The van der Waals surface area contributed by atoms with Gasteiger partial charge in [0.15, 0.2) is 0 Å². The second kappa shape index (κ2) is 6.31. The minimum absolute atomic E-state index is 0.334. The molecule has 0 amide bonds. The van der Waals surface area contributed by atoms with Gasteiger partial charge in [-0.2, -0.15) is 12.6 Å². The van der Waals surface area contributed by atoms with Gasteiger partial charge in [-0.15, -0.1) is 0 Å². The van der Waals surface area contributed by atoms with Gasteiger partial charge in [-0.25, -0.2) is 0 Å². The summed E-state index contributed by atoms with van der Waals surface area (Å²) in [7, 11) is 0. The minimum Gasteiger partial charge on any atom is -0.465 e. The number of esters is 1. The van der Waals surface area contributed by atoms with Crippen molar-refractivity contribution in [3.63, 3.8) is 0 Å². The van der Waals surface area contributed by atoms with Crippen molar-refractivity contribution in [2.75, 3.05) is 12.4 Å². The van der Waals surface area contributed by atoms with Gasteiger partial charge >= 0.3 is 5.97 Å². The molecule has 0 aliphatic rings. The fourth-order valence-corrected chi connectivity index (χ4v) is 0.726. The number of thiol groups is 1. The maximum atomic E-state index is 11.0. The summed E-state index contributed by atoms with van der Waals surface area (Å²) in [5.41, 5.74) is 5.38. The first kappa shape index (κ1) is 11.8. The van der Waals surface area contributed by atoms with Crippen molar-refractivity contribution in [1.29, 1.82) is 0 Å². The van der Waals surface area contributed by atoms with Crippen molar-refractivity contribution in [3.8, 4) is 0 Å². The topological polar surface area (TPSA) is 52.3 Å². The fraction of sp³-hybridized carbons (Fsp3) is 0.875. The van der Waals surface area contributed by atoms with Gasteiger partial charge in [0.05, 0.1) is 6.61 Å². The lowest BCUT2D eigenvalue weighted by atomic mass is 10.1. The van der Waals surface area contributed by atoms with Crippen molar-refractivity contribution in [2.45, 2.75) is 26.3 Å². The van der Waals surface area contributed by atoms with Gasteiger partial charge in [-0.3, -0.25) is 4.79 Å². The van der Waals surface area contributed by atoms with Crippen molar-refractivity contribution in [2.24, 2.45) is 11.7 Å². The van der Waals surface area contributed by atoms with Crippen LogP contribution in [0.4, 0.5) is 0 Å². The third-order valence-corrected chi connectivity index (χ3v) is 1.83. The van der Waals surface area contributed by atoms with E-state index in [9.17, 15) is 4.79 Å². The quantitative estimate of drug-likeness (QED) is 0.500. The maximum absolute atomic E-state index is 11.0. The Hall–Kier alpha value is -0.220. The van der Waals surface area contributed by atoms with Crippen LogP contribution < -0.4 is 5.73 Å². The lowest BCUT2D eigenvalue weighted by Crippen LogP contribution is -2.34. The summed E-state index contributed by atoms with van der Waals surface area (Å²) < 4.78 is 4.89. The molecule has 0 aromatic heterocycles. The second-order valence-corrected chi connectivity index (χ2v) is 3.50. The van der Waals surface area contributed by atoms with Gasteiger partial charge in [-0.05, 0) is 12.3 Å². The number of carbonyl (C=O) groups is 1. The van der Waals surface area contributed by atoms with E-state index >= 15 is 0 Å². The molecule has 1 unspecified atom stereocenters. The Morgan fingerprint density at radius 2 is 2.17 bits per heavy atom. The average molecular weight is 191 g/mol. The van der Waals surface area contributed by atoms with Crippen molar-refractivity contribution < 1.29 is 9.53 Å². The van der Waals surface area contributed by atoms with Gasteiger partial charge in [0.1, 0.15) is 6.04 Å². The van der Waals surface area contributed by atoms with Gasteiger partial charge in [0, 0.05) is 5.75 Å². The molecule has 1 atom stereocenters. The van der Waals surface area contributed by atoms with Crippen LogP contribution in [0.1, 0.15) is 20.3 Å². The minimum atomic E-state index is -0.583. The fourth-order valence-electron chi connectivity index (χ4n) is 0.577. The Kier molecular flexibility index (Phi) is 6.20. The van der Waals surface area contributed by atoms with Crippen LogP contribution in [0.2, 0.25) is 0 Å². The molecule has 72 valence electrons. The van der Waals surface area contributed by atoms with E-state index in [1.807, 2.05) is 0 Å². The molecular formula is C8H17NO2S. The van der Waals surface area contributed by atoms with E-state index in [4.69, 9.17) is 10.5 Å². The van der Waals surface area contributed by atoms with Crippen LogP contribution in [0.15, 0.2) is 0 Å². The lowest BCUT2D eigenvalue weighted by Gasteiger charge is -2.09. The lowest BCUT2D eigenvalue weighted by molar-refractivity contribution is -0.144. The van der Waals surface area contributed by atoms with Crippen LogP contribution in [0, 0.1) is 5.92 Å². The predicted octanol–water partition coefficient (Wildman–Crippen LogP) is 0.833. The van der Waals surface area contributed by atoms with E-state index in [2.05, 4.69) is 26.5 Å². The summed E-state index contributed by atoms with van der Waals surface area (Å²) in [6.45, 7) is 4.61. The van der Waals surface area contributed by atoms with E-state index in [-0.39, 0.29) is 5.97 Å². The van der Waals surface area contributed by atoms with Crippen molar-refractivity contribution >= 4 is 18.6 Å². The van der Waals surface area contributed by atoms with E-state index < -0.39 is 6.04 Å². The number of rotatable bonds is 5. The molecule has 2 N–H and O–H groups in total. The van der Waals surface area contributed by atoms with E-state index in [0.717, 1.165) is 6.42 Å². The van der Waals surface area contributed by atoms with Crippen molar-refractivity contribution in [1.82, 2.24) is 0 Å². The molecule has 0 radical (unpaired) electrons. The largest absolute Gasteiger partial charge is 0.465 e. The standard InChI is InChI=1S/C8H17NO2S/c1-6(2)3-4-11-8(10)7(9)5-12/h6-7,12H,3-5,9H2,1-2H3. The monoisotopic (exact) mass is 191 g/mol. The molecule has 0 rings (SSSR count). The Morgan fingerprint density at radius 3 is 2.58 bits per heavy atom. The zero-order valence-corrected chi connectivity index (χ0v) is 8.51. The van der Waals surface area contributed by atoms with Crippen LogP contribution >= 0.6 is 12.6 Å². The number of hydrogen-bond acceptors (Lipinski definition) is 4. The van der Waals surface area contributed by atoms with Gasteiger partial charge < -0.3 is 10.5 Å². The molecular weight excluding hydrogens is 174 g/mol. The highest BCUT2D eigenvalue weighted by atomic mass is 32.1. The van der Waals surface area contributed by atoms with Crippen LogP contribution in [-0.4, -0.2) is 24.4 Å². The van der Waals surface area contributed by atoms with E-state index in [1.165, 1.54) is 0 Å². The van der Waals surface area contributed by atoms with Crippen molar-refractivity contribution in [3.05, 3.63) is 0 Å². The Bertz CT molecular complexity index is 139. The molecule has 0 aliphatic heterocycles. The first-order valence-electron chi connectivity index (χ1n) is 4.11. The first-order chi connectivity index (χ1) is 5.57. The summed E-state index contributed by atoms with van der Waals surface area (Å²) >= 11 is 3.89. The SMILES string of the molecule is CC(C)CCOC(=O)C(N)CS. The third-order valence-electron chi connectivity index (χ3n) is 1.44. The average Bonchev–Trinajstić information content (AvgIpc) is 2.02. The summed E-state index contributed by atoms with van der Waals surface area (Å²) in [6, 6.07) is -0.583. The second-order valence-electron chi connectivity index (χ2n) is 3.14. The van der Waals surface area contributed by atoms with Gasteiger partial charge in [0.25, 0.3) is 0 Å². The molecule has 0 aromatic rings. The summed E-state index contributed by atoms with van der Waals surface area (Å²) in [5.74, 6) is 0.524. The molecule has 0 aromatic carbocycles. The molecule has 4 heteroatoms. The molecule has 0 saturated heterocycles. The van der Waals surface area contributed by atoms with E-state index in [0.29, 0.717) is 18.3 Å². The molecule has 0 spiro atoms.